The molecular formula is C18H18FNO. The summed E-state index contributed by atoms with van der Waals surface area (Å²) in [7, 11) is 0. The van der Waals surface area contributed by atoms with Gasteiger partial charge in [0.1, 0.15) is 18.2 Å². The zero-order valence-electron chi connectivity index (χ0n) is 12.3. The molecule has 3 aromatic rings. The van der Waals surface area contributed by atoms with E-state index in [2.05, 4.69) is 42.7 Å². The normalized spacial score (nSPS) is 11.0. The summed E-state index contributed by atoms with van der Waals surface area (Å²) >= 11 is 0. The number of ether oxygens (including phenoxy) is 1. The van der Waals surface area contributed by atoms with E-state index in [1.54, 1.807) is 12.1 Å². The van der Waals surface area contributed by atoms with Gasteiger partial charge in [-0.05, 0) is 49.7 Å². The Morgan fingerprint density at radius 2 is 1.86 bits per heavy atom. The zero-order valence-corrected chi connectivity index (χ0v) is 12.3. The van der Waals surface area contributed by atoms with Gasteiger partial charge in [0.05, 0.1) is 11.2 Å². The van der Waals surface area contributed by atoms with Crippen molar-refractivity contribution in [2.75, 3.05) is 0 Å². The Morgan fingerprint density at radius 1 is 1.10 bits per heavy atom. The van der Waals surface area contributed by atoms with E-state index in [9.17, 15) is 4.39 Å². The molecule has 0 saturated carbocycles. The number of nitrogens with zero attached hydrogens (tertiary/aromatic N) is 1. The largest absolute Gasteiger partial charge is 0.487 e. The molecule has 3 heteroatoms. The summed E-state index contributed by atoms with van der Waals surface area (Å²) in [6, 6.07) is 14.6. The van der Waals surface area contributed by atoms with Crippen molar-refractivity contribution in [2.45, 2.75) is 27.0 Å². The predicted octanol–water partition coefficient (Wildman–Crippen LogP) is 4.69. The molecule has 21 heavy (non-hydrogen) atoms. The minimum absolute atomic E-state index is 0.249. The van der Waals surface area contributed by atoms with Gasteiger partial charge in [0.2, 0.25) is 0 Å². The van der Waals surface area contributed by atoms with Crippen LogP contribution in [-0.4, -0.2) is 4.57 Å². The molecule has 0 fully saturated rings. The van der Waals surface area contributed by atoms with Crippen LogP contribution in [0.3, 0.4) is 0 Å². The number of aryl methyl sites for hydroxylation is 2. The maximum atomic E-state index is 12.9. The molecule has 0 spiro atoms. The van der Waals surface area contributed by atoms with E-state index >= 15 is 0 Å². The summed E-state index contributed by atoms with van der Waals surface area (Å²) in [5.74, 6) is 0.432. The minimum Gasteiger partial charge on any atom is -0.487 e. The van der Waals surface area contributed by atoms with Gasteiger partial charge in [0, 0.05) is 11.9 Å². The van der Waals surface area contributed by atoms with E-state index in [1.165, 1.54) is 28.6 Å². The summed E-state index contributed by atoms with van der Waals surface area (Å²) in [5, 5.41) is 1.23. The highest BCUT2D eigenvalue weighted by Crippen LogP contribution is 2.24. The third kappa shape index (κ3) is 2.64. The van der Waals surface area contributed by atoms with Crippen molar-refractivity contribution >= 4 is 10.9 Å². The molecule has 0 aliphatic carbocycles. The van der Waals surface area contributed by atoms with Crippen LogP contribution in [-0.2, 0) is 13.2 Å². The van der Waals surface area contributed by atoms with Crippen LogP contribution < -0.4 is 4.74 Å². The quantitative estimate of drug-likeness (QED) is 0.677. The number of fused-ring (bicyclic) bond motifs is 1. The fraction of sp³-hybridized carbons (Fsp3) is 0.222. The lowest BCUT2D eigenvalue weighted by molar-refractivity contribution is 0.295. The SMILES string of the molecule is CCn1c(COc2ccc(F)cc2)cc2cccc(C)c21. The minimum atomic E-state index is -0.249. The van der Waals surface area contributed by atoms with Crippen LogP contribution in [0.1, 0.15) is 18.2 Å². The molecule has 2 aromatic carbocycles. The first-order valence-corrected chi connectivity index (χ1v) is 7.15. The van der Waals surface area contributed by atoms with Gasteiger partial charge in [0.15, 0.2) is 0 Å². The van der Waals surface area contributed by atoms with Crippen LogP contribution in [0.2, 0.25) is 0 Å². The molecule has 2 nitrogen and oxygen atoms in total. The molecule has 1 heterocycles. The molecule has 0 N–H and O–H groups in total. The Kier molecular flexibility index (Phi) is 3.65. The first-order chi connectivity index (χ1) is 10.2. The van der Waals surface area contributed by atoms with Crippen LogP contribution in [0.15, 0.2) is 48.5 Å². The second kappa shape index (κ2) is 5.60. The number of halogens is 1. The Hall–Kier alpha value is -2.29. The number of para-hydroxylation sites is 1. The Balaban J connectivity index is 1.90. The van der Waals surface area contributed by atoms with Crippen LogP contribution >= 0.6 is 0 Å². The third-order valence-electron chi connectivity index (χ3n) is 3.72. The van der Waals surface area contributed by atoms with Crippen LogP contribution in [0.4, 0.5) is 4.39 Å². The number of rotatable bonds is 4. The summed E-state index contributed by atoms with van der Waals surface area (Å²) in [6.07, 6.45) is 0. The summed E-state index contributed by atoms with van der Waals surface area (Å²) in [4.78, 5) is 0. The number of hydrogen-bond acceptors (Lipinski definition) is 1. The van der Waals surface area contributed by atoms with E-state index in [1.807, 2.05) is 0 Å². The van der Waals surface area contributed by atoms with Crippen molar-refractivity contribution in [3.63, 3.8) is 0 Å². The van der Waals surface area contributed by atoms with Gasteiger partial charge in [0.25, 0.3) is 0 Å². The van der Waals surface area contributed by atoms with Crippen molar-refractivity contribution in [1.29, 1.82) is 0 Å². The maximum Gasteiger partial charge on any atom is 0.128 e. The molecule has 0 radical (unpaired) electrons. The Morgan fingerprint density at radius 3 is 2.57 bits per heavy atom. The van der Waals surface area contributed by atoms with Crippen molar-refractivity contribution in [1.82, 2.24) is 4.57 Å². The first-order valence-electron chi connectivity index (χ1n) is 7.15. The monoisotopic (exact) mass is 283 g/mol. The molecule has 0 atom stereocenters. The highest BCUT2D eigenvalue weighted by Gasteiger charge is 2.10. The molecule has 108 valence electrons. The fourth-order valence-corrected chi connectivity index (χ4v) is 2.74. The highest BCUT2D eigenvalue weighted by atomic mass is 19.1. The lowest BCUT2D eigenvalue weighted by Gasteiger charge is -2.11. The van der Waals surface area contributed by atoms with Crippen molar-refractivity contribution in [3.05, 3.63) is 65.6 Å². The van der Waals surface area contributed by atoms with E-state index in [0.29, 0.717) is 12.4 Å². The molecule has 1 aromatic heterocycles. The molecule has 0 bridgehead atoms. The lowest BCUT2D eigenvalue weighted by Crippen LogP contribution is -2.05. The Bertz CT molecular complexity index is 759. The van der Waals surface area contributed by atoms with Gasteiger partial charge in [-0.15, -0.1) is 0 Å². The smallest absolute Gasteiger partial charge is 0.128 e. The van der Waals surface area contributed by atoms with Gasteiger partial charge < -0.3 is 9.30 Å². The van der Waals surface area contributed by atoms with Gasteiger partial charge in [-0.2, -0.15) is 0 Å². The summed E-state index contributed by atoms with van der Waals surface area (Å²) < 4.78 is 20.9. The average molecular weight is 283 g/mol. The topological polar surface area (TPSA) is 14.2 Å². The van der Waals surface area contributed by atoms with E-state index in [0.717, 1.165) is 12.2 Å². The summed E-state index contributed by atoms with van der Waals surface area (Å²) in [6.45, 7) is 5.64. The molecule has 0 amide bonds. The van der Waals surface area contributed by atoms with Crippen LogP contribution in [0.25, 0.3) is 10.9 Å². The van der Waals surface area contributed by atoms with E-state index < -0.39 is 0 Å². The van der Waals surface area contributed by atoms with Gasteiger partial charge in [-0.25, -0.2) is 4.39 Å². The van der Waals surface area contributed by atoms with Gasteiger partial charge in [-0.1, -0.05) is 18.2 Å². The molecular weight excluding hydrogens is 265 g/mol. The van der Waals surface area contributed by atoms with Crippen LogP contribution in [0, 0.1) is 12.7 Å². The molecule has 0 aliphatic heterocycles. The molecule has 0 aliphatic rings. The molecule has 0 saturated heterocycles. The van der Waals surface area contributed by atoms with E-state index in [-0.39, 0.29) is 5.82 Å². The second-order valence-corrected chi connectivity index (χ2v) is 5.14. The number of aromatic nitrogens is 1. The lowest BCUT2D eigenvalue weighted by atomic mass is 10.2. The molecule has 3 rings (SSSR count). The van der Waals surface area contributed by atoms with Crippen molar-refractivity contribution in [3.8, 4) is 5.75 Å². The van der Waals surface area contributed by atoms with E-state index in [4.69, 9.17) is 4.74 Å². The standard InChI is InChI=1S/C18H18FNO/c1-3-20-16(11-14-6-4-5-13(2)18(14)20)12-21-17-9-7-15(19)8-10-17/h4-11H,3,12H2,1-2H3. The maximum absolute atomic E-state index is 12.9. The highest BCUT2D eigenvalue weighted by molar-refractivity contribution is 5.84. The molecule has 0 unspecified atom stereocenters. The second-order valence-electron chi connectivity index (χ2n) is 5.14. The third-order valence-corrected chi connectivity index (χ3v) is 3.72. The van der Waals surface area contributed by atoms with Crippen molar-refractivity contribution < 1.29 is 9.13 Å². The van der Waals surface area contributed by atoms with Gasteiger partial charge in [-0.3, -0.25) is 0 Å². The number of benzene rings is 2. The fourth-order valence-electron chi connectivity index (χ4n) is 2.74. The van der Waals surface area contributed by atoms with Crippen LogP contribution in [0.5, 0.6) is 5.75 Å². The average Bonchev–Trinajstić information content (AvgIpc) is 2.85. The Labute approximate surface area is 123 Å². The zero-order chi connectivity index (χ0) is 14.8. The van der Waals surface area contributed by atoms with Crippen molar-refractivity contribution in [2.24, 2.45) is 0 Å². The first kappa shape index (κ1) is 13.7. The predicted molar refractivity (Wildman–Crippen MR) is 83.1 cm³/mol. The number of hydrogen-bond donors (Lipinski definition) is 0. The van der Waals surface area contributed by atoms with Gasteiger partial charge >= 0.3 is 0 Å². The summed E-state index contributed by atoms with van der Waals surface area (Å²) in [5.41, 5.74) is 3.66.